The summed E-state index contributed by atoms with van der Waals surface area (Å²) in [4.78, 5) is 1.52. The molecule has 1 atom stereocenters. The Labute approximate surface area is 65.6 Å². The Kier molecular flexibility index (Phi) is 1.82. The zero-order chi connectivity index (χ0) is 6.81. The molecule has 0 saturated carbocycles. The molecule has 0 amide bonds. The summed E-state index contributed by atoms with van der Waals surface area (Å²) < 4.78 is 0. The molecule has 0 aromatic rings. The fourth-order valence-corrected chi connectivity index (χ4v) is 2.51. The first-order valence-electron chi connectivity index (χ1n) is 3.70. The lowest BCUT2D eigenvalue weighted by atomic mass is 10.2. The predicted molar refractivity (Wildman–Crippen MR) is 46.1 cm³/mol. The van der Waals surface area contributed by atoms with Gasteiger partial charge in [0.2, 0.25) is 0 Å². The van der Waals surface area contributed by atoms with Crippen molar-refractivity contribution in [2.45, 2.75) is 12.5 Å². The van der Waals surface area contributed by atoms with Crippen LogP contribution < -0.4 is 5.32 Å². The van der Waals surface area contributed by atoms with Gasteiger partial charge in [0.25, 0.3) is 0 Å². The average molecular weight is 153 g/mol. The van der Waals surface area contributed by atoms with Gasteiger partial charge in [0, 0.05) is 17.5 Å². The summed E-state index contributed by atoms with van der Waals surface area (Å²) in [5.41, 5.74) is 0. The Morgan fingerprint density at radius 2 is 2.60 bits per heavy atom. The minimum absolute atomic E-state index is 0.667. The molecule has 1 fully saturated rings. The van der Waals surface area contributed by atoms with Crippen LogP contribution in [0.4, 0.5) is 0 Å². The summed E-state index contributed by atoms with van der Waals surface area (Å²) in [6.45, 7) is 1.03. The van der Waals surface area contributed by atoms with Gasteiger partial charge in [0.1, 0.15) is 0 Å². The second-order valence-electron chi connectivity index (χ2n) is 2.60. The summed E-state index contributed by atoms with van der Waals surface area (Å²) in [5, 5.41) is 3.47. The third kappa shape index (κ3) is 1.13. The zero-order valence-electron chi connectivity index (χ0n) is 5.84. The van der Waals surface area contributed by atoms with E-state index >= 15 is 0 Å². The molecule has 0 aromatic heterocycles. The van der Waals surface area contributed by atoms with Crippen LogP contribution in [0.1, 0.15) is 6.42 Å². The maximum absolute atomic E-state index is 3.47. The molecule has 0 bridgehead atoms. The molecule has 1 saturated heterocycles. The summed E-state index contributed by atoms with van der Waals surface area (Å²) in [6.07, 6.45) is 7.87. The zero-order valence-corrected chi connectivity index (χ0v) is 6.66. The quantitative estimate of drug-likeness (QED) is 0.566. The van der Waals surface area contributed by atoms with Gasteiger partial charge < -0.3 is 5.32 Å². The predicted octanol–water partition coefficient (Wildman–Crippen LogP) is 1.54. The number of hydrogen-bond donors (Lipinski definition) is 1. The van der Waals surface area contributed by atoms with Gasteiger partial charge in [-0.3, -0.25) is 0 Å². The number of rotatable bonds is 0. The molecule has 0 aromatic carbocycles. The van der Waals surface area contributed by atoms with E-state index < -0.39 is 0 Å². The second kappa shape index (κ2) is 2.81. The number of hydrogen-bond acceptors (Lipinski definition) is 2. The first-order valence-corrected chi connectivity index (χ1v) is 4.68. The topological polar surface area (TPSA) is 12.0 Å². The minimum Gasteiger partial charge on any atom is -0.306 e. The molecular formula is C8H11NS. The van der Waals surface area contributed by atoms with Crippen molar-refractivity contribution in [3.8, 4) is 0 Å². The van der Waals surface area contributed by atoms with E-state index in [4.69, 9.17) is 0 Å². The Morgan fingerprint density at radius 3 is 3.60 bits per heavy atom. The van der Waals surface area contributed by atoms with Gasteiger partial charge in [-0.2, -0.15) is 0 Å². The van der Waals surface area contributed by atoms with Crippen LogP contribution in [0.5, 0.6) is 0 Å². The Morgan fingerprint density at radius 1 is 1.60 bits per heavy atom. The van der Waals surface area contributed by atoms with Crippen LogP contribution in [0.25, 0.3) is 0 Å². The summed E-state index contributed by atoms with van der Waals surface area (Å²) >= 11 is 1.99. The largest absolute Gasteiger partial charge is 0.306 e. The molecule has 0 aliphatic carbocycles. The third-order valence-corrected chi connectivity index (χ3v) is 3.09. The molecule has 2 rings (SSSR count). The Bertz CT molecular complexity index is 184. The monoisotopic (exact) mass is 153 g/mol. The molecule has 2 aliphatic heterocycles. The van der Waals surface area contributed by atoms with Crippen molar-refractivity contribution in [2.75, 3.05) is 12.3 Å². The molecule has 1 N–H and O–H groups in total. The third-order valence-electron chi connectivity index (χ3n) is 1.90. The highest BCUT2D eigenvalue weighted by atomic mass is 32.2. The van der Waals surface area contributed by atoms with E-state index in [0.29, 0.717) is 6.04 Å². The Hall–Kier alpha value is -0.210. The van der Waals surface area contributed by atoms with E-state index in [1.165, 1.54) is 17.1 Å². The number of thioether (sulfide) groups is 1. The maximum Gasteiger partial charge on any atom is 0.0390 e. The van der Waals surface area contributed by atoms with Crippen LogP contribution in [0.2, 0.25) is 0 Å². The van der Waals surface area contributed by atoms with Crippen LogP contribution >= 0.6 is 11.8 Å². The lowest BCUT2D eigenvalue weighted by Crippen LogP contribution is -2.26. The van der Waals surface area contributed by atoms with Crippen LogP contribution in [0.15, 0.2) is 23.1 Å². The standard InChI is InChI=1S/C8H11NS/c1-2-5-9-7-4-6-10-8(7)3-1/h1-3,7,9H,4-6H2. The molecule has 10 heavy (non-hydrogen) atoms. The normalized spacial score (nSPS) is 31.2. The smallest absolute Gasteiger partial charge is 0.0390 e. The lowest BCUT2D eigenvalue weighted by molar-refractivity contribution is 0.630. The summed E-state index contributed by atoms with van der Waals surface area (Å²) in [7, 11) is 0. The molecule has 2 aliphatic rings. The second-order valence-corrected chi connectivity index (χ2v) is 3.76. The average Bonchev–Trinajstić information content (AvgIpc) is 2.28. The number of nitrogens with one attached hydrogen (secondary N) is 1. The van der Waals surface area contributed by atoms with Crippen LogP contribution in [0.3, 0.4) is 0 Å². The van der Waals surface area contributed by atoms with Gasteiger partial charge in [0.15, 0.2) is 0 Å². The van der Waals surface area contributed by atoms with Crippen molar-refractivity contribution in [3.05, 3.63) is 23.1 Å². The van der Waals surface area contributed by atoms with Crippen molar-refractivity contribution >= 4 is 11.8 Å². The molecule has 54 valence electrons. The van der Waals surface area contributed by atoms with Crippen LogP contribution in [0, 0.1) is 0 Å². The van der Waals surface area contributed by atoms with Gasteiger partial charge in [-0.25, -0.2) is 0 Å². The first-order chi connectivity index (χ1) is 4.97. The lowest BCUT2D eigenvalue weighted by Gasteiger charge is -2.08. The molecule has 2 heterocycles. The first kappa shape index (κ1) is 6.50. The van der Waals surface area contributed by atoms with Gasteiger partial charge in [-0.05, 0) is 12.2 Å². The molecule has 0 spiro atoms. The summed E-state index contributed by atoms with van der Waals surface area (Å²) in [5.74, 6) is 1.29. The van der Waals surface area contributed by atoms with E-state index in [1.54, 1.807) is 0 Å². The van der Waals surface area contributed by atoms with Crippen molar-refractivity contribution in [1.29, 1.82) is 0 Å². The highest BCUT2D eigenvalue weighted by Crippen LogP contribution is 2.31. The number of allylic oxidation sites excluding steroid dienone is 2. The van der Waals surface area contributed by atoms with Crippen molar-refractivity contribution in [3.63, 3.8) is 0 Å². The molecule has 1 unspecified atom stereocenters. The van der Waals surface area contributed by atoms with Crippen molar-refractivity contribution in [1.82, 2.24) is 5.32 Å². The Balaban J connectivity index is 2.18. The van der Waals surface area contributed by atoms with Gasteiger partial charge >= 0.3 is 0 Å². The van der Waals surface area contributed by atoms with E-state index in [1.807, 2.05) is 11.8 Å². The van der Waals surface area contributed by atoms with E-state index in [-0.39, 0.29) is 0 Å². The van der Waals surface area contributed by atoms with Crippen molar-refractivity contribution < 1.29 is 0 Å². The van der Waals surface area contributed by atoms with Gasteiger partial charge in [-0.15, -0.1) is 11.8 Å². The summed E-state index contributed by atoms with van der Waals surface area (Å²) in [6, 6.07) is 0.667. The molecule has 1 nitrogen and oxygen atoms in total. The fourth-order valence-electron chi connectivity index (χ4n) is 1.35. The van der Waals surface area contributed by atoms with Crippen LogP contribution in [-0.4, -0.2) is 18.3 Å². The van der Waals surface area contributed by atoms with Crippen molar-refractivity contribution in [2.24, 2.45) is 0 Å². The highest BCUT2D eigenvalue weighted by Gasteiger charge is 2.20. The van der Waals surface area contributed by atoms with Gasteiger partial charge in [0.05, 0.1) is 0 Å². The van der Waals surface area contributed by atoms with E-state index in [0.717, 1.165) is 6.54 Å². The molecule has 0 radical (unpaired) electrons. The minimum atomic E-state index is 0.667. The van der Waals surface area contributed by atoms with E-state index in [2.05, 4.69) is 23.5 Å². The van der Waals surface area contributed by atoms with Gasteiger partial charge in [-0.1, -0.05) is 18.2 Å². The molecule has 2 heteroatoms. The van der Waals surface area contributed by atoms with E-state index in [9.17, 15) is 0 Å². The number of fused-ring (bicyclic) bond motifs is 1. The maximum atomic E-state index is 3.47. The highest BCUT2D eigenvalue weighted by molar-refractivity contribution is 8.03. The molecular weight excluding hydrogens is 142 g/mol. The SMILES string of the molecule is C1=CCNC2CCSC2=C1. The fraction of sp³-hybridized carbons (Fsp3) is 0.500. The van der Waals surface area contributed by atoms with Crippen LogP contribution in [-0.2, 0) is 0 Å².